The lowest BCUT2D eigenvalue weighted by Crippen LogP contribution is -2.21. The van der Waals surface area contributed by atoms with Crippen molar-refractivity contribution in [2.24, 2.45) is 5.92 Å². The number of ether oxygens (including phenoxy) is 2. The Bertz CT molecular complexity index is 791. The fourth-order valence-electron chi connectivity index (χ4n) is 3.25. The smallest absolute Gasteiger partial charge is 0.308 e. The molecule has 0 aliphatic carbocycles. The molecule has 0 saturated heterocycles. The Morgan fingerprint density at radius 2 is 2.16 bits per heavy atom. The van der Waals surface area contributed by atoms with Crippen molar-refractivity contribution in [3.63, 3.8) is 0 Å². The first-order valence-electron chi connectivity index (χ1n) is 8.25. The van der Waals surface area contributed by atoms with Crippen LogP contribution in [0.1, 0.15) is 29.5 Å². The molecular formula is C20H20BrFO3. The molecule has 3 rings (SSSR count). The quantitative estimate of drug-likeness (QED) is 0.692. The van der Waals surface area contributed by atoms with Gasteiger partial charge in [-0.1, -0.05) is 41.1 Å². The van der Waals surface area contributed by atoms with E-state index in [-0.39, 0.29) is 23.6 Å². The molecule has 132 valence electrons. The number of methoxy groups -OCH3 is 1. The van der Waals surface area contributed by atoms with E-state index in [0.29, 0.717) is 25.0 Å². The summed E-state index contributed by atoms with van der Waals surface area (Å²) in [6.45, 7) is 2.31. The molecule has 3 nitrogen and oxygen atoms in total. The highest BCUT2D eigenvalue weighted by atomic mass is 79.9. The Hall–Kier alpha value is -1.88. The van der Waals surface area contributed by atoms with E-state index in [0.717, 1.165) is 21.3 Å². The van der Waals surface area contributed by atoms with Crippen molar-refractivity contribution >= 4 is 21.9 Å². The van der Waals surface area contributed by atoms with Gasteiger partial charge in [-0.15, -0.1) is 0 Å². The first-order chi connectivity index (χ1) is 12.0. The normalized spacial score (nSPS) is 17.4. The van der Waals surface area contributed by atoms with Crippen LogP contribution in [0.3, 0.4) is 0 Å². The van der Waals surface area contributed by atoms with E-state index in [1.54, 1.807) is 0 Å². The molecule has 0 N–H and O–H groups in total. The van der Waals surface area contributed by atoms with Crippen LogP contribution >= 0.6 is 15.9 Å². The minimum absolute atomic E-state index is 0.0196. The third-order valence-electron chi connectivity index (χ3n) is 4.58. The van der Waals surface area contributed by atoms with Crippen LogP contribution in [0.15, 0.2) is 40.9 Å². The van der Waals surface area contributed by atoms with Crippen molar-refractivity contribution in [3.8, 4) is 5.75 Å². The molecule has 0 spiro atoms. The number of halogens is 2. The minimum atomic E-state index is -0.220. The van der Waals surface area contributed by atoms with Crippen molar-refractivity contribution in [2.75, 3.05) is 13.7 Å². The van der Waals surface area contributed by atoms with Gasteiger partial charge in [-0.05, 0) is 47.7 Å². The van der Waals surface area contributed by atoms with E-state index < -0.39 is 0 Å². The van der Waals surface area contributed by atoms with Crippen LogP contribution in [-0.2, 0) is 22.4 Å². The molecule has 1 aliphatic rings. The second-order valence-electron chi connectivity index (χ2n) is 6.45. The number of esters is 1. The number of carbonyl (C=O) groups is 1. The van der Waals surface area contributed by atoms with Crippen molar-refractivity contribution in [3.05, 3.63) is 63.4 Å². The van der Waals surface area contributed by atoms with E-state index >= 15 is 0 Å². The lowest BCUT2D eigenvalue weighted by molar-refractivity contribution is -0.144. The van der Waals surface area contributed by atoms with Crippen LogP contribution < -0.4 is 4.74 Å². The summed E-state index contributed by atoms with van der Waals surface area (Å²) in [5.74, 6) is 0.176. The maximum atomic E-state index is 14.3. The van der Waals surface area contributed by atoms with E-state index in [1.165, 1.54) is 13.2 Å². The van der Waals surface area contributed by atoms with Gasteiger partial charge in [-0.2, -0.15) is 0 Å². The van der Waals surface area contributed by atoms with Crippen molar-refractivity contribution in [1.29, 1.82) is 0 Å². The summed E-state index contributed by atoms with van der Waals surface area (Å²) in [7, 11) is 1.40. The third kappa shape index (κ3) is 4.03. The van der Waals surface area contributed by atoms with Gasteiger partial charge in [0.1, 0.15) is 11.6 Å². The van der Waals surface area contributed by atoms with E-state index in [1.807, 2.05) is 31.2 Å². The van der Waals surface area contributed by atoms with Crippen molar-refractivity contribution in [1.82, 2.24) is 0 Å². The molecule has 2 aromatic rings. The summed E-state index contributed by atoms with van der Waals surface area (Å²) in [6.07, 6.45) is 1.32. The Morgan fingerprint density at radius 1 is 1.36 bits per heavy atom. The topological polar surface area (TPSA) is 35.5 Å². The van der Waals surface area contributed by atoms with Crippen LogP contribution in [0, 0.1) is 11.7 Å². The van der Waals surface area contributed by atoms with Gasteiger partial charge < -0.3 is 9.47 Å². The van der Waals surface area contributed by atoms with Crippen LogP contribution in [0.2, 0.25) is 0 Å². The lowest BCUT2D eigenvalue weighted by atomic mass is 9.88. The summed E-state index contributed by atoms with van der Waals surface area (Å²) in [6, 6.07) is 11.1. The molecule has 2 unspecified atom stereocenters. The number of rotatable bonds is 4. The van der Waals surface area contributed by atoms with E-state index in [9.17, 15) is 9.18 Å². The Labute approximate surface area is 155 Å². The fourth-order valence-corrected chi connectivity index (χ4v) is 3.58. The standard InChI is InChI=1S/C20H20BrFO3/c1-12(20(23)24-2)7-13-3-6-19-14(8-13)9-15(11-25-19)17-5-4-16(21)10-18(17)22/h3-6,8,10,12,15H,7,9,11H2,1-2H3. The molecule has 1 heterocycles. The molecule has 0 aromatic heterocycles. The number of benzene rings is 2. The molecule has 2 aromatic carbocycles. The number of hydrogen-bond donors (Lipinski definition) is 0. The Kier molecular flexibility index (Phi) is 5.42. The first kappa shape index (κ1) is 17.9. The maximum Gasteiger partial charge on any atom is 0.308 e. The SMILES string of the molecule is COC(=O)C(C)Cc1ccc2c(c1)CC(c1ccc(Br)cc1F)CO2. The van der Waals surface area contributed by atoms with Gasteiger partial charge in [-0.25, -0.2) is 4.39 Å². The predicted molar refractivity (Wildman–Crippen MR) is 97.4 cm³/mol. The van der Waals surface area contributed by atoms with Gasteiger partial charge >= 0.3 is 5.97 Å². The fraction of sp³-hybridized carbons (Fsp3) is 0.350. The molecule has 25 heavy (non-hydrogen) atoms. The summed E-state index contributed by atoms with van der Waals surface area (Å²) < 4.78 is 25.6. The van der Waals surface area contributed by atoms with Gasteiger partial charge in [-0.3, -0.25) is 4.79 Å². The molecular weight excluding hydrogens is 387 g/mol. The molecule has 0 bridgehead atoms. The zero-order valence-corrected chi connectivity index (χ0v) is 15.8. The monoisotopic (exact) mass is 406 g/mol. The average Bonchev–Trinajstić information content (AvgIpc) is 2.60. The molecule has 0 saturated carbocycles. The highest BCUT2D eigenvalue weighted by Gasteiger charge is 2.24. The van der Waals surface area contributed by atoms with E-state index in [4.69, 9.17) is 9.47 Å². The summed E-state index contributed by atoms with van der Waals surface area (Å²) in [5.41, 5.74) is 2.77. The molecule has 2 atom stereocenters. The second-order valence-corrected chi connectivity index (χ2v) is 7.36. The summed E-state index contributed by atoms with van der Waals surface area (Å²) >= 11 is 3.29. The zero-order chi connectivity index (χ0) is 18.0. The van der Waals surface area contributed by atoms with Gasteiger partial charge in [0.15, 0.2) is 0 Å². The Balaban J connectivity index is 1.80. The predicted octanol–water partition coefficient (Wildman–Crippen LogP) is 4.66. The van der Waals surface area contributed by atoms with Gasteiger partial charge in [0.25, 0.3) is 0 Å². The molecule has 1 aliphatic heterocycles. The van der Waals surface area contributed by atoms with Crippen molar-refractivity contribution < 1.29 is 18.7 Å². The lowest BCUT2D eigenvalue weighted by Gasteiger charge is -2.26. The minimum Gasteiger partial charge on any atom is -0.493 e. The zero-order valence-electron chi connectivity index (χ0n) is 14.2. The molecule has 0 radical (unpaired) electrons. The number of carbonyl (C=O) groups excluding carboxylic acids is 1. The number of fused-ring (bicyclic) bond motifs is 1. The Morgan fingerprint density at radius 3 is 2.88 bits per heavy atom. The highest BCUT2D eigenvalue weighted by Crippen LogP contribution is 2.35. The van der Waals surface area contributed by atoms with Gasteiger partial charge in [0.2, 0.25) is 0 Å². The van der Waals surface area contributed by atoms with Gasteiger partial charge in [0.05, 0.1) is 19.6 Å². The third-order valence-corrected chi connectivity index (χ3v) is 5.07. The molecule has 0 amide bonds. The first-order valence-corrected chi connectivity index (χ1v) is 9.04. The van der Waals surface area contributed by atoms with Crippen LogP contribution in [0.4, 0.5) is 4.39 Å². The molecule has 0 fully saturated rings. The van der Waals surface area contributed by atoms with Crippen molar-refractivity contribution in [2.45, 2.75) is 25.7 Å². The highest BCUT2D eigenvalue weighted by molar-refractivity contribution is 9.10. The molecule has 5 heteroatoms. The summed E-state index contributed by atoms with van der Waals surface area (Å²) in [5, 5.41) is 0. The van der Waals surface area contributed by atoms with Crippen LogP contribution in [-0.4, -0.2) is 19.7 Å². The number of hydrogen-bond acceptors (Lipinski definition) is 3. The van der Waals surface area contributed by atoms with Gasteiger partial charge in [0, 0.05) is 10.4 Å². The second kappa shape index (κ2) is 7.56. The van der Waals surface area contributed by atoms with Crippen LogP contribution in [0.25, 0.3) is 0 Å². The maximum absolute atomic E-state index is 14.3. The van der Waals surface area contributed by atoms with Crippen LogP contribution in [0.5, 0.6) is 5.75 Å². The van der Waals surface area contributed by atoms with E-state index in [2.05, 4.69) is 22.0 Å². The summed E-state index contributed by atoms with van der Waals surface area (Å²) in [4.78, 5) is 11.6. The largest absolute Gasteiger partial charge is 0.493 e. The average molecular weight is 407 g/mol.